The fraction of sp³-hybridized carbons (Fsp3) is 0.263. The molecule has 0 radical (unpaired) electrons. The highest BCUT2D eigenvalue weighted by Gasteiger charge is 2.12. The molecule has 0 bridgehead atoms. The lowest BCUT2D eigenvalue weighted by Gasteiger charge is -2.12. The van der Waals surface area contributed by atoms with Crippen molar-refractivity contribution in [1.82, 2.24) is 0 Å². The summed E-state index contributed by atoms with van der Waals surface area (Å²) in [5.41, 5.74) is 2.72. The second-order valence-corrected chi connectivity index (χ2v) is 5.96. The van der Waals surface area contributed by atoms with Gasteiger partial charge in [0.15, 0.2) is 0 Å². The molecule has 2 rings (SSSR count). The van der Waals surface area contributed by atoms with Gasteiger partial charge in [0.25, 0.3) is 0 Å². The fourth-order valence-corrected chi connectivity index (χ4v) is 2.52. The molecule has 0 aliphatic carbocycles. The van der Waals surface area contributed by atoms with Crippen LogP contribution in [-0.2, 0) is 9.53 Å². The largest absolute Gasteiger partial charge is 0.493 e. The number of carbonyl (C=O) groups is 2. The number of hydrogen-bond acceptors (Lipinski definition) is 4. The van der Waals surface area contributed by atoms with Gasteiger partial charge in [-0.2, -0.15) is 0 Å². The van der Waals surface area contributed by atoms with Crippen LogP contribution in [0.25, 0.3) is 0 Å². The number of para-hydroxylation sites is 1. The van der Waals surface area contributed by atoms with Crippen molar-refractivity contribution in [3.8, 4) is 5.75 Å². The third-order valence-electron chi connectivity index (χ3n) is 3.65. The van der Waals surface area contributed by atoms with Gasteiger partial charge in [-0.25, -0.2) is 4.79 Å². The molecule has 1 N–H and O–H groups in total. The summed E-state index contributed by atoms with van der Waals surface area (Å²) in [7, 11) is 1.29. The van der Waals surface area contributed by atoms with Crippen LogP contribution in [0.3, 0.4) is 0 Å². The van der Waals surface area contributed by atoms with Gasteiger partial charge in [0, 0.05) is 0 Å². The fourth-order valence-electron chi connectivity index (χ4n) is 2.35. The summed E-state index contributed by atoms with van der Waals surface area (Å²) in [6.45, 7) is 4.16. The average molecular weight is 362 g/mol. The molecule has 0 fully saturated rings. The van der Waals surface area contributed by atoms with Crippen LogP contribution in [0.15, 0.2) is 36.4 Å². The number of benzene rings is 2. The van der Waals surface area contributed by atoms with E-state index in [0.29, 0.717) is 16.3 Å². The summed E-state index contributed by atoms with van der Waals surface area (Å²) in [6, 6.07) is 10.4. The van der Waals surface area contributed by atoms with Crippen molar-refractivity contribution >= 4 is 29.2 Å². The zero-order valence-corrected chi connectivity index (χ0v) is 15.1. The molecule has 0 saturated heterocycles. The molecular formula is C19H20ClNO4. The first-order valence-electron chi connectivity index (χ1n) is 7.79. The minimum Gasteiger partial charge on any atom is -0.493 e. The molecule has 0 aliphatic heterocycles. The van der Waals surface area contributed by atoms with Gasteiger partial charge in [-0.1, -0.05) is 29.8 Å². The first kappa shape index (κ1) is 18.8. The summed E-state index contributed by atoms with van der Waals surface area (Å²) < 4.78 is 10.4. The van der Waals surface area contributed by atoms with Gasteiger partial charge in [0.2, 0.25) is 5.91 Å². The first-order valence-corrected chi connectivity index (χ1v) is 8.17. The highest BCUT2D eigenvalue weighted by molar-refractivity contribution is 6.33. The summed E-state index contributed by atoms with van der Waals surface area (Å²) in [4.78, 5) is 23.7. The van der Waals surface area contributed by atoms with E-state index in [1.54, 1.807) is 0 Å². The second kappa shape index (κ2) is 8.53. The molecule has 1 amide bonds. The summed E-state index contributed by atoms with van der Waals surface area (Å²) in [5.74, 6) is 0.0432. The maximum Gasteiger partial charge on any atom is 0.337 e. The molecule has 2 aromatic rings. The Morgan fingerprint density at radius 1 is 1.12 bits per heavy atom. The minimum atomic E-state index is -0.495. The summed E-state index contributed by atoms with van der Waals surface area (Å²) in [6.07, 6.45) is 0.159. The van der Waals surface area contributed by atoms with Crippen LogP contribution in [0, 0.1) is 13.8 Å². The number of nitrogens with one attached hydrogen (secondary N) is 1. The van der Waals surface area contributed by atoms with Gasteiger partial charge in [-0.05, 0) is 43.2 Å². The third-order valence-corrected chi connectivity index (χ3v) is 3.98. The van der Waals surface area contributed by atoms with E-state index < -0.39 is 5.97 Å². The van der Waals surface area contributed by atoms with Crippen LogP contribution in [0.2, 0.25) is 5.02 Å². The molecule has 0 saturated carbocycles. The molecule has 0 spiro atoms. The van der Waals surface area contributed by atoms with Crippen molar-refractivity contribution in [3.63, 3.8) is 0 Å². The second-order valence-electron chi connectivity index (χ2n) is 5.55. The SMILES string of the molecule is COC(=O)c1ccc(Cl)c(NC(=O)CCOc2c(C)cccc2C)c1. The van der Waals surface area contributed by atoms with Crippen LogP contribution < -0.4 is 10.1 Å². The summed E-state index contributed by atoms with van der Waals surface area (Å²) in [5, 5.41) is 3.03. The predicted octanol–water partition coefficient (Wildman–Crippen LogP) is 4.15. The van der Waals surface area contributed by atoms with Crippen molar-refractivity contribution in [1.29, 1.82) is 0 Å². The number of amides is 1. The Balaban J connectivity index is 1.95. The number of carbonyl (C=O) groups excluding carboxylic acids is 2. The van der Waals surface area contributed by atoms with Crippen molar-refractivity contribution in [2.45, 2.75) is 20.3 Å². The van der Waals surface area contributed by atoms with Gasteiger partial charge >= 0.3 is 5.97 Å². The highest BCUT2D eigenvalue weighted by Crippen LogP contribution is 2.24. The van der Waals surface area contributed by atoms with Crippen molar-refractivity contribution in [2.24, 2.45) is 0 Å². The van der Waals surface area contributed by atoms with E-state index in [2.05, 4.69) is 10.1 Å². The number of rotatable bonds is 6. The number of methoxy groups -OCH3 is 1. The molecule has 5 nitrogen and oxygen atoms in total. The number of esters is 1. The van der Waals surface area contributed by atoms with Crippen LogP contribution >= 0.6 is 11.6 Å². The third kappa shape index (κ3) is 4.97. The molecule has 132 valence electrons. The number of aryl methyl sites for hydroxylation is 2. The molecule has 0 unspecified atom stereocenters. The van der Waals surface area contributed by atoms with Gasteiger partial charge in [-0.15, -0.1) is 0 Å². The van der Waals surface area contributed by atoms with E-state index >= 15 is 0 Å². The van der Waals surface area contributed by atoms with Gasteiger partial charge in [-0.3, -0.25) is 4.79 Å². The Morgan fingerprint density at radius 3 is 2.44 bits per heavy atom. The van der Waals surface area contributed by atoms with Crippen LogP contribution in [0.5, 0.6) is 5.75 Å². The van der Waals surface area contributed by atoms with Crippen LogP contribution in [0.4, 0.5) is 5.69 Å². The van der Waals surface area contributed by atoms with E-state index in [9.17, 15) is 9.59 Å². The zero-order valence-electron chi connectivity index (χ0n) is 14.4. The van der Waals surface area contributed by atoms with Crippen molar-refractivity contribution in [2.75, 3.05) is 19.0 Å². The van der Waals surface area contributed by atoms with Crippen molar-refractivity contribution in [3.05, 3.63) is 58.1 Å². The molecule has 0 aromatic heterocycles. The standard InChI is InChI=1S/C19H20ClNO4/c1-12-5-4-6-13(2)18(12)25-10-9-17(22)21-16-11-14(19(23)24-3)7-8-15(16)20/h4-8,11H,9-10H2,1-3H3,(H,21,22). The van der Waals surface area contributed by atoms with Gasteiger partial charge < -0.3 is 14.8 Å². The van der Waals surface area contributed by atoms with Gasteiger partial charge in [0.1, 0.15) is 5.75 Å². The zero-order chi connectivity index (χ0) is 18.4. The maximum atomic E-state index is 12.1. The van der Waals surface area contributed by atoms with Crippen LogP contribution in [0.1, 0.15) is 27.9 Å². The van der Waals surface area contributed by atoms with E-state index in [4.69, 9.17) is 16.3 Å². The molecule has 0 atom stereocenters. The first-order chi connectivity index (χ1) is 11.9. The quantitative estimate of drug-likeness (QED) is 0.785. The Labute approximate surface area is 151 Å². The lowest BCUT2D eigenvalue weighted by Crippen LogP contribution is -2.16. The normalized spacial score (nSPS) is 10.2. The molecule has 25 heavy (non-hydrogen) atoms. The number of hydrogen-bond donors (Lipinski definition) is 1. The Hall–Kier alpha value is -2.53. The molecule has 6 heteroatoms. The van der Waals surface area contributed by atoms with Gasteiger partial charge in [0.05, 0.1) is 36.4 Å². The molecule has 2 aromatic carbocycles. The number of ether oxygens (including phenoxy) is 2. The smallest absolute Gasteiger partial charge is 0.337 e. The lowest BCUT2D eigenvalue weighted by atomic mass is 10.1. The number of halogens is 1. The Kier molecular flexibility index (Phi) is 6.42. The Bertz CT molecular complexity index is 769. The minimum absolute atomic E-state index is 0.159. The van der Waals surface area contributed by atoms with E-state index in [1.807, 2.05) is 32.0 Å². The highest BCUT2D eigenvalue weighted by atomic mass is 35.5. The maximum absolute atomic E-state index is 12.1. The van der Waals surface area contributed by atoms with E-state index in [1.165, 1.54) is 25.3 Å². The average Bonchev–Trinajstić information content (AvgIpc) is 2.58. The van der Waals surface area contributed by atoms with E-state index in [0.717, 1.165) is 16.9 Å². The summed E-state index contributed by atoms with van der Waals surface area (Å²) >= 11 is 6.06. The Morgan fingerprint density at radius 2 is 1.80 bits per heavy atom. The van der Waals surface area contributed by atoms with Crippen molar-refractivity contribution < 1.29 is 19.1 Å². The topological polar surface area (TPSA) is 64.6 Å². The number of anilines is 1. The molecule has 0 heterocycles. The molecular weight excluding hydrogens is 342 g/mol. The molecule has 0 aliphatic rings. The van der Waals surface area contributed by atoms with Crippen LogP contribution in [-0.4, -0.2) is 25.6 Å². The van der Waals surface area contributed by atoms with E-state index in [-0.39, 0.29) is 18.9 Å². The monoisotopic (exact) mass is 361 g/mol. The predicted molar refractivity (Wildman–Crippen MR) is 97.4 cm³/mol. The lowest BCUT2D eigenvalue weighted by molar-refractivity contribution is -0.116.